The van der Waals surface area contributed by atoms with E-state index in [1.54, 1.807) is 0 Å². The van der Waals surface area contributed by atoms with Crippen LogP contribution in [0.1, 0.15) is 19.8 Å². The molecule has 1 aliphatic heterocycles. The van der Waals surface area contributed by atoms with Crippen molar-refractivity contribution in [1.82, 2.24) is 9.55 Å². The minimum atomic E-state index is 0.0878. The molecule has 1 aliphatic carbocycles. The summed E-state index contributed by atoms with van der Waals surface area (Å²) in [5.74, 6) is 1.86. The smallest absolute Gasteiger partial charge is 0.205 e. The van der Waals surface area contributed by atoms with E-state index in [1.807, 2.05) is 12.4 Å². The van der Waals surface area contributed by atoms with E-state index < -0.39 is 0 Å². The van der Waals surface area contributed by atoms with Gasteiger partial charge in [-0.15, -0.1) is 0 Å². The third-order valence-corrected chi connectivity index (χ3v) is 3.68. The lowest BCUT2D eigenvalue weighted by Crippen LogP contribution is -2.69. The van der Waals surface area contributed by atoms with E-state index in [0.717, 1.165) is 31.5 Å². The molecule has 4 heteroatoms. The molecule has 1 aromatic rings. The molecule has 0 aromatic carbocycles. The Kier molecular flexibility index (Phi) is 1.83. The number of aryl methyl sites for hydroxylation is 1. The number of imidazole rings is 1. The van der Waals surface area contributed by atoms with Gasteiger partial charge in [0.1, 0.15) is 0 Å². The van der Waals surface area contributed by atoms with Crippen molar-refractivity contribution in [2.45, 2.75) is 31.8 Å². The Hall–Kier alpha value is -1.03. The summed E-state index contributed by atoms with van der Waals surface area (Å²) in [5.41, 5.74) is 6.41. The average molecular weight is 206 g/mol. The molecule has 0 bridgehead atoms. The topological polar surface area (TPSA) is 47.1 Å². The van der Waals surface area contributed by atoms with Gasteiger partial charge < -0.3 is 15.2 Å². The predicted octanol–water partition coefficient (Wildman–Crippen LogP) is 0.830. The van der Waals surface area contributed by atoms with E-state index >= 15 is 0 Å². The molecule has 4 nitrogen and oxygen atoms in total. The second-order valence-electron chi connectivity index (χ2n) is 4.88. The van der Waals surface area contributed by atoms with E-state index in [9.17, 15) is 0 Å². The molecule has 2 heterocycles. The number of hydrogen-bond donors (Lipinski definition) is 1. The highest BCUT2D eigenvalue weighted by Gasteiger charge is 2.51. The fourth-order valence-corrected chi connectivity index (χ4v) is 2.55. The molecule has 0 atom stereocenters. The SMILES string of the molecule is CCn1ccnc1N1CC(N)(C2CC2)C1. The molecule has 3 rings (SSSR count). The van der Waals surface area contributed by atoms with Gasteiger partial charge in [-0.25, -0.2) is 4.98 Å². The molecule has 2 fully saturated rings. The van der Waals surface area contributed by atoms with Gasteiger partial charge in [0.2, 0.25) is 5.95 Å². The molecule has 1 saturated heterocycles. The lowest BCUT2D eigenvalue weighted by atomic mass is 9.86. The highest BCUT2D eigenvalue weighted by Crippen LogP contribution is 2.43. The first-order chi connectivity index (χ1) is 7.23. The van der Waals surface area contributed by atoms with Crippen LogP contribution >= 0.6 is 0 Å². The maximum absolute atomic E-state index is 6.32. The molecule has 1 saturated carbocycles. The van der Waals surface area contributed by atoms with Crippen molar-refractivity contribution in [3.05, 3.63) is 12.4 Å². The van der Waals surface area contributed by atoms with Gasteiger partial charge >= 0.3 is 0 Å². The van der Waals surface area contributed by atoms with Crippen LogP contribution in [0.5, 0.6) is 0 Å². The predicted molar refractivity (Wildman–Crippen MR) is 59.8 cm³/mol. The van der Waals surface area contributed by atoms with Gasteiger partial charge in [-0.2, -0.15) is 0 Å². The van der Waals surface area contributed by atoms with Crippen LogP contribution in [0.4, 0.5) is 5.95 Å². The quantitative estimate of drug-likeness (QED) is 0.797. The lowest BCUT2D eigenvalue weighted by Gasteiger charge is -2.48. The largest absolute Gasteiger partial charge is 0.338 e. The van der Waals surface area contributed by atoms with Crippen LogP contribution in [-0.4, -0.2) is 28.2 Å². The maximum atomic E-state index is 6.32. The van der Waals surface area contributed by atoms with Crippen molar-refractivity contribution in [1.29, 1.82) is 0 Å². The number of hydrogen-bond acceptors (Lipinski definition) is 3. The van der Waals surface area contributed by atoms with Crippen LogP contribution in [0.3, 0.4) is 0 Å². The van der Waals surface area contributed by atoms with Crippen LogP contribution in [0.15, 0.2) is 12.4 Å². The summed E-state index contributed by atoms with van der Waals surface area (Å²) in [6.07, 6.45) is 6.55. The summed E-state index contributed by atoms with van der Waals surface area (Å²) in [6.45, 7) is 5.08. The van der Waals surface area contributed by atoms with Gasteiger partial charge in [-0.1, -0.05) is 0 Å². The van der Waals surface area contributed by atoms with Crippen molar-refractivity contribution in [2.24, 2.45) is 11.7 Å². The Morgan fingerprint density at radius 2 is 2.27 bits per heavy atom. The molecule has 15 heavy (non-hydrogen) atoms. The number of nitrogens with two attached hydrogens (primary N) is 1. The highest BCUT2D eigenvalue weighted by atomic mass is 15.4. The van der Waals surface area contributed by atoms with Gasteiger partial charge in [-0.05, 0) is 25.7 Å². The van der Waals surface area contributed by atoms with Crippen molar-refractivity contribution < 1.29 is 0 Å². The summed E-state index contributed by atoms with van der Waals surface area (Å²) in [4.78, 5) is 6.68. The zero-order valence-electron chi connectivity index (χ0n) is 9.19. The summed E-state index contributed by atoms with van der Waals surface area (Å²) in [6, 6.07) is 0. The van der Waals surface area contributed by atoms with Gasteiger partial charge in [0.25, 0.3) is 0 Å². The molecule has 2 N–H and O–H groups in total. The van der Waals surface area contributed by atoms with E-state index in [-0.39, 0.29) is 5.54 Å². The minimum Gasteiger partial charge on any atom is -0.338 e. The van der Waals surface area contributed by atoms with Crippen LogP contribution in [0, 0.1) is 5.92 Å². The Morgan fingerprint density at radius 1 is 1.53 bits per heavy atom. The van der Waals surface area contributed by atoms with Gasteiger partial charge in [0.05, 0.1) is 5.54 Å². The first kappa shape index (κ1) is 9.21. The van der Waals surface area contributed by atoms with Crippen LogP contribution in [0.25, 0.3) is 0 Å². The van der Waals surface area contributed by atoms with Crippen molar-refractivity contribution in [3.63, 3.8) is 0 Å². The summed E-state index contributed by atoms with van der Waals surface area (Å²) in [7, 11) is 0. The zero-order valence-corrected chi connectivity index (χ0v) is 9.19. The average Bonchev–Trinajstić information content (AvgIpc) is 2.92. The number of rotatable bonds is 3. The van der Waals surface area contributed by atoms with Gasteiger partial charge in [0, 0.05) is 32.0 Å². The molecular formula is C11H18N4. The Bertz CT molecular complexity index is 360. The van der Waals surface area contributed by atoms with Crippen molar-refractivity contribution in [3.8, 4) is 0 Å². The first-order valence-electron chi connectivity index (χ1n) is 5.78. The minimum absolute atomic E-state index is 0.0878. The Labute approximate surface area is 90.1 Å². The fourth-order valence-electron chi connectivity index (χ4n) is 2.55. The van der Waals surface area contributed by atoms with Gasteiger partial charge in [-0.3, -0.25) is 0 Å². The molecule has 0 radical (unpaired) electrons. The first-order valence-corrected chi connectivity index (χ1v) is 5.78. The highest BCUT2D eigenvalue weighted by molar-refractivity contribution is 5.40. The third-order valence-electron chi connectivity index (χ3n) is 3.68. The van der Waals surface area contributed by atoms with Crippen LogP contribution in [-0.2, 0) is 6.54 Å². The zero-order chi connectivity index (χ0) is 10.5. The van der Waals surface area contributed by atoms with E-state index in [1.165, 1.54) is 12.8 Å². The molecule has 2 aliphatic rings. The van der Waals surface area contributed by atoms with E-state index in [0.29, 0.717) is 0 Å². The summed E-state index contributed by atoms with van der Waals surface area (Å²) in [5, 5.41) is 0. The number of anilines is 1. The molecule has 0 amide bonds. The second kappa shape index (κ2) is 2.98. The number of aromatic nitrogens is 2. The normalized spacial score (nSPS) is 24.0. The lowest BCUT2D eigenvalue weighted by molar-refractivity contribution is 0.285. The molecule has 0 spiro atoms. The van der Waals surface area contributed by atoms with E-state index in [4.69, 9.17) is 5.73 Å². The van der Waals surface area contributed by atoms with Crippen LogP contribution < -0.4 is 10.6 Å². The Balaban J connectivity index is 1.71. The monoisotopic (exact) mass is 206 g/mol. The third kappa shape index (κ3) is 1.35. The van der Waals surface area contributed by atoms with Crippen molar-refractivity contribution in [2.75, 3.05) is 18.0 Å². The summed E-state index contributed by atoms with van der Waals surface area (Å²) >= 11 is 0. The maximum Gasteiger partial charge on any atom is 0.205 e. The van der Waals surface area contributed by atoms with Crippen molar-refractivity contribution >= 4 is 5.95 Å². The number of nitrogens with zero attached hydrogens (tertiary/aromatic N) is 3. The molecular weight excluding hydrogens is 188 g/mol. The van der Waals surface area contributed by atoms with E-state index in [2.05, 4.69) is 21.4 Å². The second-order valence-corrected chi connectivity index (χ2v) is 4.88. The standard InChI is InChI=1S/C11H18N4/c1-2-14-6-5-13-10(14)15-7-11(12,8-15)9-3-4-9/h5-6,9H,2-4,7-8,12H2,1H3. The van der Waals surface area contributed by atoms with Crippen LogP contribution in [0.2, 0.25) is 0 Å². The van der Waals surface area contributed by atoms with Gasteiger partial charge in [0.15, 0.2) is 0 Å². The molecule has 1 aromatic heterocycles. The molecule has 0 unspecified atom stereocenters. The summed E-state index contributed by atoms with van der Waals surface area (Å²) < 4.78 is 2.17. The Morgan fingerprint density at radius 3 is 2.87 bits per heavy atom. The fraction of sp³-hybridized carbons (Fsp3) is 0.727. The molecule has 82 valence electrons.